The summed E-state index contributed by atoms with van der Waals surface area (Å²) in [6.07, 6.45) is 0. The minimum Gasteiger partial charge on any atom is -0.332 e. The van der Waals surface area contributed by atoms with Gasteiger partial charge in [-0.15, -0.1) is 0 Å². The zero-order valence-corrected chi connectivity index (χ0v) is 15.4. The van der Waals surface area contributed by atoms with Gasteiger partial charge in [-0.2, -0.15) is 0 Å². The van der Waals surface area contributed by atoms with Crippen LogP contribution in [0.25, 0.3) is 0 Å². The van der Waals surface area contributed by atoms with Gasteiger partial charge in [-0.05, 0) is 54.7 Å². The van der Waals surface area contributed by atoms with Gasteiger partial charge in [0.25, 0.3) is 5.91 Å². The van der Waals surface area contributed by atoms with Crippen molar-refractivity contribution in [2.45, 2.75) is 13.8 Å². The molecule has 7 heteroatoms. The first-order valence-corrected chi connectivity index (χ1v) is 8.42. The predicted molar refractivity (Wildman–Crippen MR) is 105 cm³/mol. The van der Waals surface area contributed by atoms with Crippen molar-refractivity contribution in [3.63, 3.8) is 0 Å². The maximum atomic E-state index is 12.1. The quantitative estimate of drug-likeness (QED) is 0.705. The highest BCUT2D eigenvalue weighted by Crippen LogP contribution is 2.15. The molecule has 0 spiro atoms. The highest BCUT2D eigenvalue weighted by atomic mass is 35.5. The number of halogens is 1. The molecule has 0 heterocycles. The van der Waals surface area contributed by atoms with Crippen LogP contribution in [0.1, 0.15) is 24.2 Å². The summed E-state index contributed by atoms with van der Waals surface area (Å²) in [5, 5.41) is 8.95. The number of hydrogen-bond acceptors (Lipinski definition) is 3. The minimum absolute atomic E-state index is 0.0509. The molecule has 5 nitrogen and oxygen atoms in total. The molecule has 0 radical (unpaired) electrons. The highest BCUT2D eigenvalue weighted by molar-refractivity contribution is 7.80. The molecule has 0 fully saturated rings. The van der Waals surface area contributed by atoms with Crippen LogP contribution in [-0.4, -0.2) is 16.9 Å². The lowest BCUT2D eigenvalue weighted by molar-refractivity contribution is -0.118. The van der Waals surface area contributed by atoms with Crippen LogP contribution in [0.4, 0.5) is 11.4 Å². The van der Waals surface area contributed by atoms with Gasteiger partial charge in [-0.25, -0.2) is 0 Å². The second kappa shape index (κ2) is 8.60. The first kappa shape index (κ1) is 18.9. The number of carbonyl (C=O) groups is 2. The Morgan fingerprint density at radius 3 is 2.16 bits per heavy atom. The van der Waals surface area contributed by atoms with Crippen LogP contribution >= 0.6 is 23.8 Å². The molecule has 0 atom stereocenters. The number of nitrogens with one attached hydrogen (secondary N) is 3. The van der Waals surface area contributed by atoms with Crippen LogP contribution in [-0.2, 0) is 4.79 Å². The highest BCUT2D eigenvalue weighted by Gasteiger charge is 2.09. The summed E-state index contributed by atoms with van der Waals surface area (Å²) in [7, 11) is 0. The molecule has 130 valence electrons. The molecule has 3 N–H and O–H groups in total. The molecule has 0 bridgehead atoms. The Bertz CT molecular complexity index is 791. The van der Waals surface area contributed by atoms with E-state index in [1.165, 1.54) is 0 Å². The number of thiocarbonyl (C=S) groups is 1. The van der Waals surface area contributed by atoms with Crippen molar-refractivity contribution >= 4 is 52.1 Å². The van der Waals surface area contributed by atoms with E-state index in [0.717, 1.165) is 0 Å². The lowest BCUT2D eigenvalue weighted by atomic mass is 10.2. The summed E-state index contributed by atoms with van der Waals surface area (Å²) in [5.41, 5.74) is 1.81. The maximum absolute atomic E-state index is 12.1. The smallest absolute Gasteiger partial charge is 0.257 e. The molecule has 2 amide bonds. The summed E-state index contributed by atoms with van der Waals surface area (Å²) >= 11 is 11.0. The van der Waals surface area contributed by atoms with Gasteiger partial charge < -0.3 is 10.6 Å². The number of rotatable bonds is 4. The zero-order chi connectivity index (χ0) is 18.4. The number of carbonyl (C=O) groups excluding carboxylic acids is 2. The standard InChI is InChI=1S/C18H18ClN3O2S/c1-11(2)16(23)20-14-6-8-15(9-7-14)21-18(25)22-17(24)12-4-3-5-13(19)10-12/h3-11H,1-2H3,(H,20,23)(H2,21,22,24,25). The Balaban J connectivity index is 1.92. The summed E-state index contributed by atoms with van der Waals surface area (Å²) in [6, 6.07) is 13.6. The van der Waals surface area contributed by atoms with Crippen LogP contribution in [0.15, 0.2) is 48.5 Å². The third kappa shape index (κ3) is 5.85. The third-order valence-electron chi connectivity index (χ3n) is 3.25. The van der Waals surface area contributed by atoms with Gasteiger partial charge in [0.05, 0.1) is 0 Å². The number of anilines is 2. The second-order valence-electron chi connectivity index (χ2n) is 5.64. The van der Waals surface area contributed by atoms with Gasteiger partial charge in [-0.1, -0.05) is 31.5 Å². The van der Waals surface area contributed by atoms with Gasteiger partial charge >= 0.3 is 0 Å². The van der Waals surface area contributed by atoms with Crippen molar-refractivity contribution in [2.75, 3.05) is 10.6 Å². The van der Waals surface area contributed by atoms with Gasteiger partial charge in [0.2, 0.25) is 5.91 Å². The summed E-state index contributed by atoms with van der Waals surface area (Å²) < 4.78 is 0. The Kier molecular flexibility index (Phi) is 6.50. The van der Waals surface area contributed by atoms with Crippen LogP contribution in [0.5, 0.6) is 0 Å². The average Bonchev–Trinajstić information content (AvgIpc) is 2.56. The van der Waals surface area contributed by atoms with Crippen molar-refractivity contribution in [2.24, 2.45) is 5.92 Å². The van der Waals surface area contributed by atoms with Crippen molar-refractivity contribution in [3.8, 4) is 0 Å². The summed E-state index contributed by atoms with van der Waals surface area (Å²) in [5.74, 6) is -0.488. The van der Waals surface area contributed by atoms with E-state index in [0.29, 0.717) is 22.0 Å². The number of benzene rings is 2. The van der Waals surface area contributed by atoms with E-state index in [9.17, 15) is 9.59 Å². The van der Waals surface area contributed by atoms with Gasteiger partial charge in [0.15, 0.2) is 5.11 Å². The molecule has 0 aromatic heterocycles. The van der Waals surface area contributed by atoms with E-state index in [1.807, 2.05) is 13.8 Å². The minimum atomic E-state index is -0.346. The molecule has 2 rings (SSSR count). The number of hydrogen-bond donors (Lipinski definition) is 3. The normalized spacial score (nSPS) is 10.2. The van der Waals surface area contributed by atoms with Crippen LogP contribution in [0, 0.1) is 5.92 Å². The fourth-order valence-corrected chi connectivity index (χ4v) is 2.29. The van der Waals surface area contributed by atoms with Crippen molar-refractivity contribution in [1.29, 1.82) is 0 Å². The molecule has 0 aliphatic carbocycles. The predicted octanol–water partition coefficient (Wildman–Crippen LogP) is 4.06. The van der Waals surface area contributed by atoms with Gasteiger partial charge in [-0.3, -0.25) is 14.9 Å². The van der Waals surface area contributed by atoms with Crippen LogP contribution in [0.2, 0.25) is 5.02 Å². The Labute approximate surface area is 156 Å². The van der Waals surface area contributed by atoms with Gasteiger partial charge in [0.1, 0.15) is 0 Å². The van der Waals surface area contributed by atoms with E-state index >= 15 is 0 Å². The third-order valence-corrected chi connectivity index (χ3v) is 3.69. The van der Waals surface area contributed by atoms with E-state index in [4.69, 9.17) is 23.8 Å². The van der Waals surface area contributed by atoms with Crippen LogP contribution < -0.4 is 16.0 Å². The van der Waals surface area contributed by atoms with E-state index < -0.39 is 0 Å². The monoisotopic (exact) mass is 375 g/mol. The molecule has 0 unspecified atom stereocenters. The topological polar surface area (TPSA) is 70.2 Å². The second-order valence-corrected chi connectivity index (χ2v) is 6.48. The van der Waals surface area contributed by atoms with Crippen molar-refractivity contribution in [3.05, 3.63) is 59.1 Å². The van der Waals surface area contributed by atoms with E-state index in [2.05, 4.69) is 16.0 Å². The SMILES string of the molecule is CC(C)C(=O)Nc1ccc(NC(=S)NC(=O)c2cccc(Cl)c2)cc1. The first-order chi connectivity index (χ1) is 11.8. The largest absolute Gasteiger partial charge is 0.332 e. The first-order valence-electron chi connectivity index (χ1n) is 7.64. The fraction of sp³-hybridized carbons (Fsp3) is 0.167. The average molecular weight is 376 g/mol. The van der Waals surface area contributed by atoms with E-state index in [-0.39, 0.29) is 22.8 Å². The molecule has 25 heavy (non-hydrogen) atoms. The summed E-state index contributed by atoms with van der Waals surface area (Å²) in [4.78, 5) is 23.7. The molecule has 2 aromatic rings. The van der Waals surface area contributed by atoms with Crippen molar-refractivity contribution in [1.82, 2.24) is 5.32 Å². The maximum Gasteiger partial charge on any atom is 0.257 e. The fourth-order valence-electron chi connectivity index (χ4n) is 1.89. The molecular formula is C18H18ClN3O2S. The lowest BCUT2D eigenvalue weighted by Crippen LogP contribution is -2.34. The Hall–Kier alpha value is -2.44. The van der Waals surface area contributed by atoms with E-state index in [1.54, 1.807) is 48.5 Å². The Morgan fingerprint density at radius 1 is 1.00 bits per heavy atom. The zero-order valence-electron chi connectivity index (χ0n) is 13.8. The molecule has 0 saturated heterocycles. The lowest BCUT2D eigenvalue weighted by Gasteiger charge is -2.11. The molecule has 0 saturated carbocycles. The van der Waals surface area contributed by atoms with Crippen molar-refractivity contribution < 1.29 is 9.59 Å². The molecule has 0 aliphatic heterocycles. The molecule has 0 aliphatic rings. The molecular weight excluding hydrogens is 358 g/mol. The van der Waals surface area contributed by atoms with Gasteiger partial charge in [0, 0.05) is 27.9 Å². The summed E-state index contributed by atoms with van der Waals surface area (Å²) in [6.45, 7) is 3.65. The molecule has 2 aromatic carbocycles. The van der Waals surface area contributed by atoms with Crippen LogP contribution in [0.3, 0.4) is 0 Å². The Morgan fingerprint density at radius 2 is 1.60 bits per heavy atom. The number of amides is 2.